The molecule has 0 fully saturated rings. The van der Waals surface area contributed by atoms with Crippen LogP contribution in [0.5, 0.6) is 5.75 Å². The number of carbonyl (C=O) groups excluding carboxylic acids is 2. The smallest absolute Gasteiger partial charge is 0.413 e. The summed E-state index contributed by atoms with van der Waals surface area (Å²) in [6.07, 6.45) is 1.21. The van der Waals surface area contributed by atoms with Crippen molar-refractivity contribution in [1.82, 2.24) is 24.8 Å². The summed E-state index contributed by atoms with van der Waals surface area (Å²) in [5, 5.41) is 15.1. The predicted octanol–water partition coefficient (Wildman–Crippen LogP) is 6.05. The minimum atomic E-state index is -1.19. The molecule has 0 spiro atoms. The topological polar surface area (TPSA) is 167 Å². The number of nitrogens with zero attached hydrogens (tertiary/aromatic N) is 4. The molecule has 0 aliphatic carbocycles. The zero-order chi connectivity index (χ0) is 32.1. The van der Waals surface area contributed by atoms with Gasteiger partial charge in [-0.3, -0.25) is 5.32 Å². The van der Waals surface area contributed by atoms with E-state index in [1.165, 1.54) is 12.7 Å². The highest BCUT2D eigenvalue weighted by molar-refractivity contribution is 6.42. The molecule has 13 nitrogen and oxygen atoms in total. The number of aliphatic carboxylic acids is 1. The highest BCUT2D eigenvalue weighted by Gasteiger charge is 2.25. The van der Waals surface area contributed by atoms with E-state index in [0.717, 1.165) is 0 Å². The number of hydrogen-bond donors (Lipinski definition) is 3. The average molecular weight is 640 g/mol. The van der Waals surface area contributed by atoms with Gasteiger partial charge in [0, 0.05) is 5.56 Å². The summed E-state index contributed by atoms with van der Waals surface area (Å²) < 4.78 is 18.3. The van der Waals surface area contributed by atoms with Crippen LogP contribution >= 0.6 is 23.2 Å². The Morgan fingerprint density at radius 3 is 2.26 bits per heavy atom. The molecule has 2 unspecified atom stereocenters. The summed E-state index contributed by atoms with van der Waals surface area (Å²) in [6, 6.07) is 2.09. The Labute approximate surface area is 259 Å². The second-order valence-corrected chi connectivity index (χ2v) is 12.6. The molecule has 2 aromatic heterocycles. The number of carboxylic acid groups (broad SMARTS) is 1. The third-order valence-electron chi connectivity index (χ3n) is 5.68. The maximum absolute atomic E-state index is 12.3. The van der Waals surface area contributed by atoms with Crippen LogP contribution < -0.4 is 15.4 Å². The normalized spacial score (nSPS) is 13.2. The number of carbonyl (C=O) groups is 3. The molecular formula is C28H36Cl2N6O7. The summed E-state index contributed by atoms with van der Waals surface area (Å²) >= 11 is 12.9. The van der Waals surface area contributed by atoms with Crippen LogP contribution in [0.4, 0.5) is 15.4 Å². The molecule has 3 aromatic rings. The molecule has 0 saturated carbocycles. The molecule has 0 radical (unpaired) electrons. The van der Waals surface area contributed by atoms with E-state index < -0.39 is 41.5 Å². The third-order valence-corrected chi connectivity index (χ3v) is 6.52. The van der Waals surface area contributed by atoms with Gasteiger partial charge >= 0.3 is 18.2 Å². The Kier molecular flexibility index (Phi) is 10.7. The summed E-state index contributed by atoms with van der Waals surface area (Å²) in [6.45, 7) is 12.2. The second kappa shape index (κ2) is 13.6. The SMILES string of the molecule is CC(CCC(NC(=O)OC(C)(C)C)C(=O)O)Oc1ccc(Cl)c(Cl)c1Cn1cnc2c(NC(=O)OC(C)(C)C)ncnc21. The Morgan fingerprint density at radius 1 is 0.977 bits per heavy atom. The van der Waals surface area contributed by atoms with Gasteiger partial charge in [-0.1, -0.05) is 23.2 Å². The van der Waals surface area contributed by atoms with Crippen LogP contribution in [0, 0.1) is 0 Å². The number of aromatic nitrogens is 4. The summed E-state index contributed by atoms with van der Waals surface area (Å²) in [4.78, 5) is 48.9. The molecule has 0 saturated heterocycles. The minimum Gasteiger partial charge on any atom is -0.490 e. The molecule has 43 heavy (non-hydrogen) atoms. The largest absolute Gasteiger partial charge is 0.490 e. The van der Waals surface area contributed by atoms with E-state index in [9.17, 15) is 19.5 Å². The first kappa shape index (κ1) is 33.7. The number of hydrogen-bond acceptors (Lipinski definition) is 9. The van der Waals surface area contributed by atoms with Gasteiger partial charge < -0.3 is 29.2 Å². The van der Waals surface area contributed by atoms with Gasteiger partial charge in [-0.2, -0.15) is 0 Å². The van der Waals surface area contributed by atoms with Crippen LogP contribution in [0.1, 0.15) is 66.9 Å². The van der Waals surface area contributed by atoms with Crippen molar-refractivity contribution in [3.05, 3.63) is 40.4 Å². The Morgan fingerprint density at radius 2 is 1.63 bits per heavy atom. The standard InChI is InChI=1S/C28H36Cl2N6O7/c1-15(8-10-18(24(37)38)34-25(39)42-27(2,3)4)41-19-11-9-17(29)20(30)16(19)12-36-14-33-21-22(31-13-32-23(21)36)35-26(40)43-28(5,6)7/h9,11,13-15,18H,8,10,12H2,1-7H3,(H,34,39)(H,37,38)(H,31,32,35,40). The first-order valence-corrected chi connectivity index (χ1v) is 14.2. The molecule has 1 aromatic carbocycles. The zero-order valence-electron chi connectivity index (χ0n) is 25.0. The van der Waals surface area contributed by atoms with Gasteiger partial charge in [-0.05, 0) is 73.4 Å². The lowest BCUT2D eigenvalue weighted by molar-refractivity contribution is -0.139. The van der Waals surface area contributed by atoms with Crippen molar-refractivity contribution in [2.75, 3.05) is 5.32 Å². The second-order valence-electron chi connectivity index (χ2n) is 11.8. The van der Waals surface area contributed by atoms with Crippen molar-refractivity contribution >= 4 is 58.3 Å². The van der Waals surface area contributed by atoms with E-state index in [2.05, 4.69) is 25.6 Å². The fourth-order valence-electron chi connectivity index (χ4n) is 3.88. The van der Waals surface area contributed by atoms with Crippen LogP contribution in [0.15, 0.2) is 24.8 Å². The molecule has 2 amide bonds. The van der Waals surface area contributed by atoms with E-state index in [1.54, 1.807) is 65.2 Å². The Bertz CT molecular complexity index is 1480. The number of anilines is 1. The maximum Gasteiger partial charge on any atom is 0.413 e. The van der Waals surface area contributed by atoms with E-state index >= 15 is 0 Å². The van der Waals surface area contributed by atoms with Crippen LogP contribution in [0.2, 0.25) is 10.0 Å². The number of ether oxygens (including phenoxy) is 3. The van der Waals surface area contributed by atoms with E-state index in [-0.39, 0.29) is 30.2 Å². The number of benzene rings is 1. The molecule has 3 rings (SSSR count). The first-order valence-electron chi connectivity index (χ1n) is 13.4. The van der Waals surface area contributed by atoms with Crippen LogP contribution in [0.3, 0.4) is 0 Å². The van der Waals surface area contributed by atoms with Crippen LogP contribution in [0.25, 0.3) is 11.2 Å². The molecule has 0 aliphatic rings. The fourth-order valence-corrected chi connectivity index (χ4v) is 4.27. The minimum absolute atomic E-state index is 0.0862. The number of amides is 2. The summed E-state index contributed by atoms with van der Waals surface area (Å²) in [7, 11) is 0. The monoisotopic (exact) mass is 638 g/mol. The maximum atomic E-state index is 12.3. The predicted molar refractivity (Wildman–Crippen MR) is 161 cm³/mol. The summed E-state index contributed by atoms with van der Waals surface area (Å²) in [5.41, 5.74) is -0.193. The zero-order valence-corrected chi connectivity index (χ0v) is 26.5. The lowest BCUT2D eigenvalue weighted by Gasteiger charge is -2.23. The van der Waals surface area contributed by atoms with Gasteiger partial charge in [0.15, 0.2) is 17.0 Å². The van der Waals surface area contributed by atoms with Crippen molar-refractivity contribution in [2.24, 2.45) is 0 Å². The van der Waals surface area contributed by atoms with Crippen LogP contribution in [-0.2, 0) is 20.8 Å². The number of fused-ring (bicyclic) bond motifs is 1. The highest BCUT2D eigenvalue weighted by Crippen LogP contribution is 2.35. The number of imidazole rings is 1. The molecule has 15 heteroatoms. The van der Waals surface area contributed by atoms with Gasteiger partial charge in [0.25, 0.3) is 0 Å². The highest BCUT2D eigenvalue weighted by atomic mass is 35.5. The van der Waals surface area contributed by atoms with Crippen molar-refractivity contribution < 1.29 is 33.7 Å². The van der Waals surface area contributed by atoms with Gasteiger partial charge in [-0.15, -0.1) is 0 Å². The molecular weight excluding hydrogens is 603 g/mol. The molecule has 3 N–H and O–H groups in total. The van der Waals surface area contributed by atoms with E-state index in [4.69, 9.17) is 37.4 Å². The third kappa shape index (κ3) is 9.85. The van der Waals surface area contributed by atoms with Crippen molar-refractivity contribution in [3.8, 4) is 5.75 Å². The first-order chi connectivity index (χ1) is 19.9. The number of alkyl carbamates (subject to hydrolysis) is 1. The lowest BCUT2D eigenvalue weighted by Crippen LogP contribution is -2.43. The van der Waals surface area contributed by atoms with Gasteiger partial charge in [0.1, 0.15) is 29.3 Å². The number of carboxylic acids is 1. The van der Waals surface area contributed by atoms with E-state index in [1.807, 2.05) is 0 Å². The summed E-state index contributed by atoms with van der Waals surface area (Å²) in [5.74, 6) is -0.604. The van der Waals surface area contributed by atoms with Crippen LogP contribution in [-0.4, -0.2) is 66.1 Å². The lowest BCUT2D eigenvalue weighted by atomic mass is 10.1. The number of nitrogens with one attached hydrogen (secondary N) is 2. The molecule has 0 aliphatic heterocycles. The fraction of sp³-hybridized carbons (Fsp3) is 0.500. The number of halogens is 2. The van der Waals surface area contributed by atoms with Crippen molar-refractivity contribution in [3.63, 3.8) is 0 Å². The van der Waals surface area contributed by atoms with Crippen molar-refractivity contribution in [2.45, 2.75) is 91.2 Å². The molecule has 234 valence electrons. The quantitative estimate of drug-likeness (QED) is 0.237. The van der Waals surface area contributed by atoms with Gasteiger partial charge in [0.2, 0.25) is 0 Å². The van der Waals surface area contributed by atoms with Crippen molar-refractivity contribution in [1.29, 1.82) is 0 Å². The molecule has 2 heterocycles. The molecule has 0 bridgehead atoms. The Hall–Kier alpha value is -3.84. The molecule has 2 atom stereocenters. The van der Waals surface area contributed by atoms with Gasteiger partial charge in [0.05, 0.1) is 29.0 Å². The van der Waals surface area contributed by atoms with Gasteiger partial charge in [-0.25, -0.2) is 29.3 Å². The average Bonchev–Trinajstić information content (AvgIpc) is 3.27. The number of rotatable bonds is 10. The van der Waals surface area contributed by atoms with E-state index in [0.29, 0.717) is 27.5 Å². The Balaban J connectivity index is 1.77.